The fraction of sp³-hybridized carbons (Fsp3) is 0.667. The van der Waals surface area contributed by atoms with Gasteiger partial charge in [-0.2, -0.15) is 0 Å². The summed E-state index contributed by atoms with van der Waals surface area (Å²) in [6, 6.07) is 7.43. The van der Waals surface area contributed by atoms with E-state index in [-0.39, 0.29) is 5.91 Å². The molecule has 0 saturated carbocycles. The van der Waals surface area contributed by atoms with Crippen LogP contribution >= 0.6 is 0 Å². The van der Waals surface area contributed by atoms with Crippen molar-refractivity contribution in [3.8, 4) is 5.75 Å². The summed E-state index contributed by atoms with van der Waals surface area (Å²) in [4.78, 5) is 18.3. The molecular formula is C24H36N6O2. The third-order valence-corrected chi connectivity index (χ3v) is 6.94. The van der Waals surface area contributed by atoms with Gasteiger partial charge in [0.15, 0.2) is 0 Å². The van der Waals surface area contributed by atoms with Crippen LogP contribution in [0.4, 0.5) is 0 Å². The molecule has 1 aromatic heterocycles. The molecule has 0 aliphatic carbocycles. The van der Waals surface area contributed by atoms with Gasteiger partial charge in [0.2, 0.25) is 5.91 Å². The Morgan fingerprint density at radius 1 is 1.12 bits per heavy atom. The fourth-order valence-electron chi connectivity index (χ4n) is 5.06. The normalized spacial score (nSPS) is 19.5. The number of hydrogen-bond donors (Lipinski definition) is 0. The predicted octanol–water partition coefficient (Wildman–Crippen LogP) is 2.89. The van der Waals surface area contributed by atoms with E-state index in [9.17, 15) is 4.79 Å². The van der Waals surface area contributed by atoms with Gasteiger partial charge >= 0.3 is 0 Å². The lowest BCUT2D eigenvalue weighted by Gasteiger charge is -2.36. The van der Waals surface area contributed by atoms with Crippen LogP contribution in [0.15, 0.2) is 24.3 Å². The molecule has 32 heavy (non-hydrogen) atoms. The Hall–Kier alpha value is -2.48. The highest BCUT2D eigenvalue weighted by Crippen LogP contribution is 2.25. The van der Waals surface area contributed by atoms with Crippen molar-refractivity contribution >= 4 is 5.91 Å². The van der Waals surface area contributed by atoms with E-state index in [1.54, 1.807) is 11.8 Å². The van der Waals surface area contributed by atoms with E-state index in [2.05, 4.69) is 20.4 Å². The van der Waals surface area contributed by atoms with Crippen molar-refractivity contribution in [2.24, 2.45) is 5.92 Å². The first-order valence-corrected chi connectivity index (χ1v) is 12.0. The van der Waals surface area contributed by atoms with Gasteiger partial charge in [-0.3, -0.25) is 4.79 Å². The molecule has 0 spiro atoms. The molecule has 2 aliphatic heterocycles. The van der Waals surface area contributed by atoms with Gasteiger partial charge in [0, 0.05) is 26.1 Å². The van der Waals surface area contributed by atoms with Crippen molar-refractivity contribution in [2.75, 3.05) is 39.8 Å². The molecule has 1 aromatic carbocycles. The van der Waals surface area contributed by atoms with Crippen LogP contribution in [0, 0.1) is 12.8 Å². The van der Waals surface area contributed by atoms with Crippen molar-refractivity contribution in [3.05, 3.63) is 35.7 Å². The zero-order valence-electron chi connectivity index (χ0n) is 19.4. The van der Waals surface area contributed by atoms with Crippen LogP contribution in [0.2, 0.25) is 0 Å². The molecule has 4 rings (SSSR count). The van der Waals surface area contributed by atoms with Crippen molar-refractivity contribution < 1.29 is 9.53 Å². The van der Waals surface area contributed by atoms with Gasteiger partial charge in [-0.05, 0) is 79.7 Å². The fourth-order valence-corrected chi connectivity index (χ4v) is 5.06. The number of hydrogen-bond acceptors (Lipinski definition) is 6. The number of amides is 1. The number of tetrazole rings is 1. The lowest BCUT2D eigenvalue weighted by atomic mass is 9.95. The number of methoxy groups -OCH3 is 1. The SMILES string of the molecule is COc1cccc(C[C@H](C(=O)N2CCC(CN3CCCCCC3)CC2)n2nnnc2C)c1. The molecule has 2 aromatic rings. The van der Waals surface area contributed by atoms with Gasteiger partial charge in [-0.25, -0.2) is 4.68 Å². The van der Waals surface area contributed by atoms with Crippen molar-refractivity contribution in [2.45, 2.75) is 57.9 Å². The van der Waals surface area contributed by atoms with Gasteiger partial charge in [-0.15, -0.1) is 5.10 Å². The molecule has 1 amide bonds. The number of likely N-dealkylation sites (tertiary alicyclic amines) is 2. The number of rotatable bonds is 7. The number of aromatic nitrogens is 4. The van der Waals surface area contributed by atoms with Crippen LogP contribution in [0.25, 0.3) is 0 Å². The minimum Gasteiger partial charge on any atom is -0.497 e. The third-order valence-electron chi connectivity index (χ3n) is 6.94. The molecule has 0 unspecified atom stereocenters. The highest BCUT2D eigenvalue weighted by Gasteiger charge is 2.32. The first kappa shape index (κ1) is 22.7. The molecular weight excluding hydrogens is 404 g/mol. The second kappa shape index (κ2) is 10.9. The average molecular weight is 441 g/mol. The summed E-state index contributed by atoms with van der Waals surface area (Å²) in [5.74, 6) is 2.24. The largest absolute Gasteiger partial charge is 0.497 e. The van der Waals surface area contributed by atoms with Crippen LogP contribution in [0.5, 0.6) is 5.75 Å². The summed E-state index contributed by atoms with van der Waals surface area (Å²) < 4.78 is 7.03. The van der Waals surface area contributed by atoms with Gasteiger partial charge in [0.1, 0.15) is 17.6 Å². The number of piperidine rings is 1. The molecule has 8 heteroatoms. The molecule has 2 fully saturated rings. The Balaban J connectivity index is 1.40. The van der Waals surface area contributed by atoms with Gasteiger partial charge < -0.3 is 14.5 Å². The van der Waals surface area contributed by atoms with Crippen molar-refractivity contribution in [3.63, 3.8) is 0 Å². The third kappa shape index (κ3) is 5.65. The Bertz CT molecular complexity index is 869. The van der Waals surface area contributed by atoms with E-state index in [0.717, 1.165) is 37.2 Å². The lowest BCUT2D eigenvalue weighted by Crippen LogP contribution is -2.45. The Kier molecular flexibility index (Phi) is 7.73. The van der Waals surface area contributed by atoms with Gasteiger partial charge in [-0.1, -0.05) is 25.0 Å². The molecule has 2 aliphatic rings. The Morgan fingerprint density at radius 2 is 1.88 bits per heavy atom. The number of aryl methyl sites for hydroxylation is 1. The van der Waals surface area contributed by atoms with E-state index in [1.807, 2.05) is 36.1 Å². The van der Waals surface area contributed by atoms with Crippen molar-refractivity contribution in [1.82, 2.24) is 30.0 Å². The molecule has 3 heterocycles. The standard InChI is InChI=1S/C24H36N6O2/c1-19-25-26-27-30(19)23(17-21-8-7-9-22(16-21)32-2)24(31)29-14-10-20(11-15-29)18-28-12-5-3-4-6-13-28/h7-9,16,20,23H,3-6,10-15,17-18H2,1-2H3/t23-/m1/s1. The second-order valence-corrected chi connectivity index (χ2v) is 9.23. The van der Waals surface area contributed by atoms with Crippen LogP contribution in [0.1, 0.15) is 56.0 Å². The molecule has 1 atom stereocenters. The molecule has 8 nitrogen and oxygen atoms in total. The first-order chi connectivity index (χ1) is 15.6. The molecule has 0 bridgehead atoms. The zero-order chi connectivity index (χ0) is 22.3. The van der Waals surface area contributed by atoms with Crippen LogP contribution in [-0.2, 0) is 11.2 Å². The van der Waals surface area contributed by atoms with Gasteiger partial charge in [0.25, 0.3) is 0 Å². The number of nitrogens with zero attached hydrogens (tertiary/aromatic N) is 6. The average Bonchev–Trinajstić information content (AvgIpc) is 3.08. The second-order valence-electron chi connectivity index (χ2n) is 9.23. The van der Waals surface area contributed by atoms with E-state index in [4.69, 9.17) is 4.74 Å². The Morgan fingerprint density at radius 3 is 2.53 bits per heavy atom. The number of carbonyl (C=O) groups excluding carboxylic acids is 1. The van der Waals surface area contributed by atoms with E-state index in [1.165, 1.54) is 45.3 Å². The maximum absolute atomic E-state index is 13.6. The maximum atomic E-state index is 13.6. The quantitative estimate of drug-likeness (QED) is 0.659. The van der Waals surface area contributed by atoms with E-state index in [0.29, 0.717) is 18.2 Å². The lowest BCUT2D eigenvalue weighted by molar-refractivity contribution is -0.136. The summed E-state index contributed by atoms with van der Waals surface area (Å²) in [5, 5.41) is 12.0. The minimum atomic E-state index is -0.445. The van der Waals surface area contributed by atoms with E-state index < -0.39 is 6.04 Å². The van der Waals surface area contributed by atoms with E-state index >= 15 is 0 Å². The molecule has 0 radical (unpaired) electrons. The zero-order valence-corrected chi connectivity index (χ0v) is 19.4. The monoisotopic (exact) mass is 440 g/mol. The van der Waals surface area contributed by atoms with Crippen molar-refractivity contribution in [1.29, 1.82) is 0 Å². The number of benzene rings is 1. The summed E-state index contributed by atoms with van der Waals surface area (Å²) in [7, 11) is 1.66. The highest BCUT2D eigenvalue weighted by atomic mass is 16.5. The summed E-state index contributed by atoms with van der Waals surface area (Å²) in [6.45, 7) is 7.13. The predicted molar refractivity (Wildman–Crippen MR) is 123 cm³/mol. The maximum Gasteiger partial charge on any atom is 0.247 e. The smallest absolute Gasteiger partial charge is 0.247 e. The number of ether oxygens (including phenoxy) is 1. The summed E-state index contributed by atoms with van der Waals surface area (Å²) in [6.07, 6.45) is 8.08. The molecule has 0 N–H and O–H groups in total. The van der Waals surface area contributed by atoms with Gasteiger partial charge in [0.05, 0.1) is 7.11 Å². The summed E-state index contributed by atoms with van der Waals surface area (Å²) >= 11 is 0. The van der Waals surface area contributed by atoms with Crippen LogP contribution < -0.4 is 4.74 Å². The Labute approximate surface area is 190 Å². The first-order valence-electron chi connectivity index (χ1n) is 12.0. The van der Waals surface area contributed by atoms with Crippen LogP contribution in [0.3, 0.4) is 0 Å². The highest BCUT2D eigenvalue weighted by molar-refractivity contribution is 5.81. The topological polar surface area (TPSA) is 76.4 Å². The summed E-state index contributed by atoms with van der Waals surface area (Å²) in [5.41, 5.74) is 1.04. The molecule has 174 valence electrons. The molecule has 2 saturated heterocycles. The van der Waals surface area contributed by atoms with Crippen LogP contribution in [-0.4, -0.2) is 75.7 Å². The minimum absolute atomic E-state index is 0.108. The number of carbonyl (C=O) groups is 1.